The zero-order chi connectivity index (χ0) is 20.2. The van der Waals surface area contributed by atoms with E-state index in [-0.39, 0.29) is 10.8 Å². The lowest BCUT2D eigenvalue weighted by Crippen LogP contribution is -2.26. The minimum atomic E-state index is -3.64. The third-order valence-electron chi connectivity index (χ3n) is 4.34. The molecule has 2 rings (SSSR count). The summed E-state index contributed by atoms with van der Waals surface area (Å²) in [5, 5.41) is 2.90. The molecule has 2 aromatic carbocycles. The molecule has 2 aromatic rings. The van der Waals surface area contributed by atoms with E-state index in [0.717, 1.165) is 28.8 Å². The van der Waals surface area contributed by atoms with Gasteiger partial charge in [-0.05, 0) is 62.4 Å². The fourth-order valence-corrected chi connectivity index (χ4v) is 4.03. The summed E-state index contributed by atoms with van der Waals surface area (Å²) in [4.78, 5) is 12.8. The molecule has 0 aliphatic carbocycles. The topological polar surface area (TPSA) is 75.3 Å². The minimum Gasteiger partial charge on any atom is -0.322 e. The predicted molar refractivity (Wildman–Crippen MR) is 110 cm³/mol. The van der Waals surface area contributed by atoms with Crippen LogP contribution in [0, 0.1) is 26.7 Å². The van der Waals surface area contributed by atoms with E-state index in [1.165, 1.54) is 12.1 Å². The van der Waals surface area contributed by atoms with Crippen molar-refractivity contribution >= 4 is 21.6 Å². The highest BCUT2D eigenvalue weighted by molar-refractivity contribution is 7.89. The van der Waals surface area contributed by atoms with Crippen LogP contribution in [0.25, 0.3) is 0 Å². The van der Waals surface area contributed by atoms with Crippen LogP contribution in [0.3, 0.4) is 0 Å². The van der Waals surface area contributed by atoms with Gasteiger partial charge in [0.1, 0.15) is 0 Å². The fraction of sp³-hybridized carbons (Fsp3) is 0.381. The van der Waals surface area contributed by atoms with Crippen LogP contribution in [-0.4, -0.2) is 20.9 Å². The van der Waals surface area contributed by atoms with Gasteiger partial charge < -0.3 is 5.32 Å². The second-order valence-corrected chi connectivity index (χ2v) is 9.10. The Kier molecular flexibility index (Phi) is 6.78. The Morgan fingerprint density at radius 3 is 2.26 bits per heavy atom. The molecule has 0 atom stereocenters. The van der Waals surface area contributed by atoms with Crippen LogP contribution >= 0.6 is 0 Å². The molecular weight excluding hydrogens is 360 g/mol. The van der Waals surface area contributed by atoms with Crippen LogP contribution in [0.15, 0.2) is 41.3 Å². The molecule has 0 aliphatic heterocycles. The first-order valence-electron chi connectivity index (χ1n) is 9.09. The summed E-state index contributed by atoms with van der Waals surface area (Å²) in [6.45, 7) is 10.3. The quantitative estimate of drug-likeness (QED) is 0.747. The fourth-order valence-electron chi connectivity index (χ4n) is 2.93. The maximum atomic E-state index is 12.7. The van der Waals surface area contributed by atoms with E-state index in [1.807, 2.05) is 46.8 Å². The second-order valence-electron chi connectivity index (χ2n) is 7.34. The molecule has 0 bridgehead atoms. The van der Waals surface area contributed by atoms with Crippen molar-refractivity contribution in [1.82, 2.24) is 4.72 Å². The number of amides is 1. The third kappa shape index (κ3) is 5.65. The molecule has 0 heterocycles. The van der Waals surface area contributed by atoms with Crippen LogP contribution in [0.5, 0.6) is 0 Å². The van der Waals surface area contributed by atoms with Gasteiger partial charge in [-0.25, -0.2) is 13.1 Å². The van der Waals surface area contributed by atoms with Gasteiger partial charge in [0.25, 0.3) is 5.91 Å². The van der Waals surface area contributed by atoms with Crippen molar-refractivity contribution < 1.29 is 13.2 Å². The molecule has 0 spiro atoms. The first kappa shape index (κ1) is 21.1. The number of carbonyl (C=O) groups excluding carboxylic acids is 1. The van der Waals surface area contributed by atoms with E-state index < -0.39 is 10.0 Å². The maximum absolute atomic E-state index is 12.7. The number of anilines is 1. The zero-order valence-electron chi connectivity index (χ0n) is 16.6. The lowest BCUT2D eigenvalue weighted by atomic mass is 10.0. The number of rotatable bonds is 7. The van der Waals surface area contributed by atoms with Crippen molar-refractivity contribution in [3.8, 4) is 0 Å². The van der Waals surface area contributed by atoms with E-state index in [1.54, 1.807) is 12.1 Å². The van der Waals surface area contributed by atoms with Gasteiger partial charge in [0.05, 0.1) is 4.90 Å². The standard InChI is InChI=1S/C21H28N2O3S/c1-14(2)9-10-22-27(25,26)19-8-6-7-18(13-19)21(24)23-20-16(4)11-15(3)12-17(20)5/h6-8,11-14,22H,9-10H2,1-5H3,(H,23,24). The molecule has 0 saturated heterocycles. The molecule has 1 amide bonds. The van der Waals surface area contributed by atoms with Crippen molar-refractivity contribution in [2.24, 2.45) is 5.92 Å². The lowest BCUT2D eigenvalue weighted by Gasteiger charge is -2.13. The Morgan fingerprint density at radius 1 is 1.04 bits per heavy atom. The average Bonchev–Trinajstić information content (AvgIpc) is 2.57. The highest BCUT2D eigenvalue weighted by Gasteiger charge is 2.17. The van der Waals surface area contributed by atoms with Gasteiger partial charge in [-0.1, -0.05) is 37.6 Å². The molecule has 0 radical (unpaired) electrons. The van der Waals surface area contributed by atoms with E-state index in [9.17, 15) is 13.2 Å². The predicted octanol–water partition coefficient (Wildman–Crippen LogP) is 4.19. The average molecular weight is 389 g/mol. The Balaban J connectivity index is 2.21. The molecular formula is C21H28N2O3S. The summed E-state index contributed by atoms with van der Waals surface area (Å²) in [5.74, 6) is 0.0788. The number of nitrogens with one attached hydrogen (secondary N) is 2. The van der Waals surface area contributed by atoms with Crippen molar-refractivity contribution in [2.75, 3.05) is 11.9 Å². The minimum absolute atomic E-state index is 0.0938. The first-order valence-corrected chi connectivity index (χ1v) is 10.6. The summed E-state index contributed by atoms with van der Waals surface area (Å²) in [6, 6.07) is 10.1. The number of benzene rings is 2. The van der Waals surface area contributed by atoms with Gasteiger partial charge >= 0.3 is 0 Å². The highest BCUT2D eigenvalue weighted by Crippen LogP contribution is 2.23. The van der Waals surface area contributed by atoms with Gasteiger partial charge in [0.2, 0.25) is 10.0 Å². The van der Waals surface area contributed by atoms with Gasteiger partial charge in [-0.15, -0.1) is 0 Å². The maximum Gasteiger partial charge on any atom is 0.255 e. The normalized spacial score (nSPS) is 11.6. The van der Waals surface area contributed by atoms with E-state index in [0.29, 0.717) is 18.0 Å². The Bertz CT molecular complexity index is 911. The van der Waals surface area contributed by atoms with E-state index in [4.69, 9.17) is 0 Å². The largest absolute Gasteiger partial charge is 0.322 e. The zero-order valence-corrected chi connectivity index (χ0v) is 17.4. The number of aryl methyl sites for hydroxylation is 3. The van der Waals surface area contributed by atoms with Gasteiger partial charge in [0.15, 0.2) is 0 Å². The molecule has 0 aromatic heterocycles. The number of hydrogen-bond acceptors (Lipinski definition) is 3. The van der Waals surface area contributed by atoms with Crippen LogP contribution in [0.2, 0.25) is 0 Å². The van der Waals surface area contributed by atoms with Gasteiger partial charge in [0, 0.05) is 17.8 Å². The lowest BCUT2D eigenvalue weighted by molar-refractivity contribution is 0.102. The Labute approximate surface area is 162 Å². The summed E-state index contributed by atoms with van der Waals surface area (Å²) in [6.07, 6.45) is 0.755. The summed E-state index contributed by atoms with van der Waals surface area (Å²) < 4.78 is 27.5. The summed E-state index contributed by atoms with van der Waals surface area (Å²) in [7, 11) is -3.64. The van der Waals surface area contributed by atoms with E-state index >= 15 is 0 Å². The van der Waals surface area contributed by atoms with Crippen molar-refractivity contribution in [2.45, 2.75) is 45.9 Å². The van der Waals surface area contributed by atoms with Crippen LogP contribution in [-0.2, 0) is 10.0 Å². The van der Waals surface area contributed by atoms with Gasteiger partial charge in [-0.2, -0.15) is 0 Å². The Morgan fingerprint density at radius 2 is 1.67 bits per heavy atom. The van der Waals surface area contributed by atoms with Crippen LogP contribution in [0.1, 0.15) is 47.3 Å². The van der Waals surface area contributed by atoms with Crippen molar-refractivity contribution in [3.05, 3.63) is 58.7 Å². The molecule has 27 heavy (non-hydrogen) atoms. The van der Waals surface area contributed by atoms with Crippen LogP contribution < -0.4 is 10.0 Å². The summed E-state index contributed by atoms with van der Waals surface area (Å²) in [5.41, 5.74) is 4.14. The smallest absolute Gasteiger partial charge is 0.255 e. The SMILES string of the molecule is Cc1cc(C)c(NC(=O)c2cccc(S(=O)(=O)NCCC(C)C)c2)c(C)c1. The second kappa shape index (κ2) is 8.67. The molecule has 5 nitrogen and oxygen atoms in total. The molecule has 0 saturated carbocycles. The molecule has 0 fully saturated rings. The molecule has 6 heteroatoms. The molecule has 0 aliphatic rings. The molecule has 146 valence electrons. The van der Waals surface area contributed by atoms with Crippen molar-refractivity contribution in [3.63, 3.8) is 0 Å². The molecule has 0 unspecified atom stereocenters. The monoisotopic (exact) mass is 388 g/mol. The van der Waals surface area contributed by atoms with E-state index in [2.05, 4.69) is 10.0 Å². The first-order chi connectivity index (χ1) is 12.6. The number of carbonyl (C=O) groups is 1. The Hall–Kier alpha value is -2.18. The highest BCUT2D eigenvalue weighted by atomic mass is 32.2. The number of sulfonamides is 1. The van der Waals surface area contributed by atoms with Gasteiger partial charge in [-0.3, -0.25) is 4.79 Å². The summed E-state index contributed by atoms with van der Waals surface area (Å²) >= 11 is 0. The number of hydrogen-bond donors (Lipinski definition) is 2. The molecule has 2 N–H and O–H groups in total. The van der Waals surface area contributed by atoms with Crippen molar-refractivity contribution in [1.29, 1.82) is 0 Å². The third-order valence-corrected chi connectivity index (χ3v) is 5.79. The van der Waals surface area contributed by atoms with Crippen LogP contribution in [0.4, 0.5) is 5.69 Å².